The monoisotopic (exact) mass is 546 g/mol. The maximum atomic E-state index is 5.82. The molecule has 2 aliphatic rings. The van der Waals surface area contributed by atoms with Crippen molar-refractivity contribution in [2.24, 2.45) is 16.8 Å². The van der Waals surface area contributed by atoms with Crippen LogP contribution in [-0.4, -0.2) is 70.5 Å². The van der Waals surface area contributed by atoms with Gasteiger partial charge in [-0.1, -0.05) is 13.8 Å². The first-order chi connectivity index (χ1) is 14.6. The van der Waals surface area contributed by atoms with E-state index >= 15 is 0 Å². The Balaban J connectivity index is 0.00000341. The minimum absolute atomic E-state index is 0. The summed E-state index contributed by atoms with van der Waals surface area (Å²) < 4.78 is 17.2. The summed E-state index contributed by atoms with van der Waals surface area (Å²) in [6.45, 7) is 11.2. The molecule has 0 radical (unpaired) electrons. The first-order valence-electron chi connectivity index (χ1n) is 11.3. The zero-order valence-electron chi connectivity index (χ0n) is 19.2. The molecule has 8 heteroatoms. The van der Waals surface area contributed by atoms with E-state index in [1.165, 1.54) is 6.42 Å². The van der Waals surface area contributed by atoms with E-state index < -0.39 is 0 Å². The summed E-state index contributed by atoms with van der Waals surface area (Å²) in [5, 5.41) is 6.90. The van der Waals surface area contributed by atoms with E-state index in [4.69, 9.17) is 19.2 Å². The second-order valence-corrected chi connectivity index (χ2v) is 8.69. The van der Waals surface area contributed by atoms with Crippen LogP contribution in [0.2, 0.25) is 0 Å². The first-order valence-corrected chi connectivity index (χ1v) is 11.3. The van der Waals surface area contributed by atoms with Gasteiger partial charge in [0.1, 0.15) is 0 Å². The van der Waals surface area contributed by atoms with Gasteiger partial charge in [-0.3, -0.25) is 4.99 Å². The van der Waals surface area contributed by atoms with Crippen molar-refractivity contribution in [3.8, 4) is 11.5 Å². The molecule has 2 heterocycles. The lowest BCUT2D eigenvalue weighted by molar-refractivity contribution is 0.108. The molecule has 2 aliphatic heterocycles. The molecule has 1 atom stereocenters. The quantitative estimate of drug-likeness (QED) is 0.213. The fraction of sp³-hybridized carbons (Fsp3) is 0.696. The highest BCUT2D eigenvalue weighted by atomic mass is 127. The van der Waals surface area contributed by atoms with Gasteiger partial charge in [0.05, 0.1) is 13.2 Å². The lowest BCUT2D eigenvalue weighted by atomic mass is 10.1. The Morgan fingerprint density at radius 1 is 1.26 bits per heavy atom. The van der Waals surface area contributed by atoms with Crippen molar-refractivity contribution in [3.63, 3.8) is 0 Å². The van der Waals surface area contributed by atoms with E-state index in [1.807, 2.05) is 18.2 Å². The fourth-order valence-corrected chi connectivity index (χ4v) is 3.61. The molecule has 0 saturated carbocycles. The number of benzene rings is 1. The summed E-state index contributed by atoms with van der Waals surface area (Å²) in [4.78, 5) is 7.24. The van der Waals surface area contributed by atoms with Crippen LogP contribution in [0.15, 0.2) is 23.2 Å². The molecule has 0 spiro atoms. The maximum absolute atomic E-state index is 5.82. The van der Waals surface area contributed by atoms with E-state index in [2.05, 4.69) is 36.4 Å². The molecule has 1 aromatic carbocycles. The fourth-order valence-electron chi connectivity index (χ4n) is 3.61. The zero-order valence-corrected chi connectivity index (χ0v) is 21.5. The third-order valence-electron chi connectivity index (χ3n) is 5.22. The van der Waals surface area contributed by atoms with E-state index in [0.717, 1.165) is 75.4 Å². The van der Waals surface area contributed by atoms with Crippen molar-refractivity contribution in [1.29, 1.82) is 0 Å². The van der Waals surface area contributed by atoms with E-state index in [0.29, 0.717) is 25.0 Å². The second kappa shape index (κ2) is 14.0. The maximum Gasteiger partial charge on any atom is 0.195 e. The number of likely N-dealkylation sites (tertiary alicyclic amines) is 1. The minimum Gasteiger partial charge on any atom is -0.490 e. The van der Waals surface area contributed by atoms with Crippen LogP contribution in [0.1, 0.15) is 33.1 Å². The molecule has 0 aromatic heterocycles. The molecule has 0 bridgehead atoms. The van der Waals surface area contributed by atoms with Gasteiger partial charge in [-0.2, -0.15) is 0 Å². The number of halogens is 1. The highest BCUT2D eigenvalue weighted by Gasteiger charge is 2.19. The Hall–Kier alpha value is -1.26. The molecular weight excluding hydrogens is 507 g/mol. The van der Waals surface area contributed by atoms with Crippen LogP contribution in [0.5, 0.6) is 11.5 Å². The first kappa shape index (κ1) is 26.0. The van der Waals surface area contributed by atoms with Gasteiger partial charge in [0.15, 0.2) is 17.5 Å². The lowest BCUT2D eigenvalue weighted by Crippen LogP contribution is -2.33. The SMILES string of the molecule is CC(C)COCCCNC(=NCC1CCN(C)C1)Nc1ccc2c(c1)OCCCO2.I. The van der Waals surface area contributed by atoms with Crippen molar-refractivity contribution < 1.29 is 14.2 Å². The topological polar surface area (TPSA) is 67.4 Å². The number of fused-ring (bicyclic) bond motifs is 1. The van der Waals surface area contributed by atoms with Crippen LogP contribution in [0, 0.1) is 11.8 Å². The zero-order chi connectivity index (χ0) is 21.2. The summed E-state index contributed by atoms with van der Waals surface area (Å²) in [7, 11) is 2.18. The van der Waals surface area contributed by atoms with Crippen LogP contribution >= 0.6 is 24.0 Å². The third-order valence-corrected chi connectivity index (χ3v) is 5.22. The molecule has 1 saturated heterocycles. The number of hydrogen-bond acceptors (Lipinski definition) is 5. The number of rotatable bonds is 9. The van der Waals surface area contributed by atoms with Crippen molar-refractivity contribution in [1.82, 2.24) is 10.2 Å². The van der Waals surface area contributed by atoms with E-state index in [1.54, 1.807) is 0 Å². The predicted molar refractivity (Wildman–Crippen MR) is 137 cm³/mol. The standard InChI is InChI=1S/C23H38N4O3.HI/c1-18(2)17-28-11-4-9-24-23(25-15-19-8-10-27(3)16-19)26-20-6-7-21-22(14-20)30-13-5-12-29-21;/h6-7,14,18-19H,4-5,8-13,15-17H2,1-3H3,(H2,24,25,26);1H. The Kier molecular flexibility index (Phi) is 11.7. The lowest BCUT2D eigenvalue weighted by Gasteiger charge is -2.16. The van der Waals surface area contributed by atoms with Gasteiger partial charge >= 0.3 is 0 Å². The summed E-state index contributed by atoms with van der Waals surface area (Å²) in [6, 6.07) is 5.97. The third kappa shape index (κ3) is 9.41. The van der Waals surface area contributed by atoms with Gasteiger partial charge in [0.2, 0.25) is 0 Å². The summed E-state index contributed by atoms with van der Waals surface area (Å²) in [5.41, 5.74) is 0.949. The average Bonchev–Trinajstić information content (AvgIpc) is 3.00. The minimum atomic E-state index is 0. The van der Waals surface area contributed by atoms with Crippen LogP contribution in [0.4, 0.5) is 5.69 Å². The average molecular weight is 546 g/mol. The van der Waals surface area contributed by atoms with Crippen LogP contribution < -0.4 is 20.1 Å². The normalized spacial score (nSPS) is 19.1. The number of nitrogens with one attached hydrogen (secondary N) is 2. The molecule has 7 nitrogen and oxygen atoms in total. The number of hydrogen-bond donors (Lipinski definition) is 2. The number of ether oxygens (including phenoxy) is 3. The number of anilines is 1. The highest BCUT2D eigenvalue weighted by Crippen LogP contribution is 2.32. The van der Waals surface area contributed by atoms with E-state index in [9.17, 15) is 0 Å². The second-order valence-electron chi connectivity index (χ2n) is 8.69. The number of guanidine groups is 1. The summed E-state index contributed by atoms with van der Waals surface area (Å²) in [6.07, 6.45) is 3.06. The molecule has 0 amide bonds. The molecule has 31 heavy (non-hydrogen) atoms. The van der Waals surface area contributed by atoms with Crippen molar-refractivity contribution in [3.05, 3.63) is 18.2 Å². The predicted octanol–water partition coefficient (Wildman–Crippen LogP) is 3.84. The van der Waals surface area contributed by atoms with Gasteiger partial charge in [-0.05, 0) is 50.4 Å². The van der Waals surface area contributed by atoms with Gasteiger partial charge in [0, 0.05) is 51.0 Å². The van der Waals surface area contributed by atoms with Gasteiger partial charge in [-0.25, -0.2) is 0 Å². The molecule has 2 N–H and O–H groups in total. The summed E-state index contributed by atoms with van der Waals surface area (Å²) >= 11 is 0. The molecule has 176 valence electrons. The number of nitrogens with zero attached hydrogens (tertiary/aromatic N) is 2. The molecule has 1 fully saturated rings. The van der Waals surface area contributed by atoms with Crippen molar-refractivity contribution in [2.45, 2.75) is 33.1 Å². The molecular formula is C23H39IN4O3. The molecule has 0 aliphatic carbocycles. The van der Waals surface area contributed by atoms with E-state index in [-0.39, 0.29) is 24.0 Å². The summed E-state index contributed by atoms with van der Waals surface area (Å²) in [5.74, 6) is 3.59. The van der Waals surface area contributed by atoms with Crippen molar-refractivity contribution in [2.75, 3.05) is 65.0 Å². The molecule has 1 unspecified atom stereocenters. The van der Waals surface area contributed by atoms with Crippen molar-refractivity contribution >= 4 is 35.6 Å². The van der Waals surface area contributed by atoms with Gasteiger partial charge in [0.25, 0.3) is 0 Å². The van der Waals surface area contributed by atoms with Crippen LogP contribution in [0.25, 0.3) is 0 Å². The Labute approximate surface area is 204 Å². The molecule has 1 aromatic rings. The Bertz CT molecular complexity index is 687. The van der Waals surface area contributed by atoms with Crippen LogP contribution in [-0.2, 0) is 4.74 Å². The van der Waals surface area contributed by atoms with Gasteiger partial charge < -0.3 is 29.7 Å². The highest BCUT2D eigenvalue weighted by molar-refractivity contribution is 14.0. The Morgan fingerprint density at radius 2 is 2.06 bits per heavy atom. The smallest absolute Gasteiger partial charge is 0.195 e. The Morgan fingerprint density at radius 3 is 2.81 bits per heavy atom. The van der Waals surface area contributed by atoms with Gasteiger partial charge in [-0.15, -0.1) is 24.0 Å². The largest absolute Gasteiger partial charge is 0.490 e. The molecule has 3 rings (SSSR count). The van der Waals surface area contributed by atoms with Crippen LogP contribution in [0.3, 0.4) is 0 Å². The number of aliphatic imine (C=N–C) groups is 1.